The Morgan fingerprint density at radius 1 is 1.24 bits per heavy atom. The minimum absolute atomic E-state index is 0.0116. The van der Waals surface area contributed by atoms with Crippen LogP contribution in [0.5, 0.6) is 0 Å². The van der Waals surface area contributed by atoms with E-state index in [1.165, 1.54) is 32.1 Å². The fraction of sp³-hybridized carbons (Fsp3) is 0.923. The monoisotopic (exact) mass is 238 g/mol. The summed E-state index contributed by atoms with van der Waals surface area (Å²) in [5, 5.41) is 3.32. The number of fused-ring (bicyclic) bond motifs is 2. The molecule has 0 aromatic heterocycles. The predicted molar refractivity (Wildman–Crippen MR) is 64.7 cm³/mol. The number of carbonyl (C=O) groups excluding carboxylic acids is 1. The van der Waals surface area contributed by atoms with Gasteiger partial charge in [0.25, 0.3) is 0 Å². The van der Waals surface area contributed by atoms with E-state index in [2.05, 4.69) is 10.2 Å². The topological polar surface area (TPSA) is 41.6 Å². The quantitative estimate of drug-likeness (QED) is 0.738. The van der Waals surface area contributed by atoms with Crippen LogP contribution in [0.4, 0.5) is 0 Å². The summed E-state index contributed by atoms with van der Waals surface area (Å²) in [7, 11) is 0. The summed E-state index contributed by atoms with van der Waals surface area (Å²) in [5.74, 6) is 0.282. The van der Waals surface area contributed by atoms with Crippen LogP contribution in [0.15, 0.2) is 0 Å². The van der Waals surface area contributed by atoms with Gasteiger partial charge in [0.05, 0.1) is 12.7 Å². The smallest absolute Gasteiger partial charge is 0.242 e. The Balaban J connectivity index is 1.73. The van der Waals surface area contributed by atoms with Crippen molar-refractivity contribution in [1.82, 2.24) is 10.2 Å². The number of ether oxygens (including phenoxy) is 1. The average molecular weight is 238 g/mol. The molecule has 4 atom stereocenters. The van der Waals surface area contributed by atoms with E-state index < -0.39 is 0 Å². The largest absolute Gasteiger partial charge is 0.375 e. The number of rotatable bonds is 1. The van der Waals surface area contributed by atoms with E-state index >= 15 is 0 Å². The molecule has 2 unspecified atom stereocenters. The zero-order valence-corrected chi connectivity index (χ0v) is 10.5. The molecule has 4 nitrogen and oxygen atoms in total. The van der Waals surface area contributed by atoms with Crippen molar-refractivity contribution in [3.63, 3.8) is 0 Å². The summed E-state index contributed by atoms with van der Waals surface area (Å²) < 4.78 is 5.58. The molecule has 3 fully saturated rings. The summed E-state index contributed by atoms with van der Waals surface area (Å²) in [6.45, 7) is 3.52. The van der Waals surface area contributed by atoms with Crippen molar-refractivity contribution in [3.8, 4) is 0 Å². The number of nitrogens with one attached hydrogen (secondary N) is 1. The van der Waals surface area contributed by atoms with E-state index in [1.807, 2.05) is 6.92 Å². The Labute approximate surface area is 103 Å². The van der Waals surface area contributed by atoms with Crippen molar-refractivity contribution in [2.45, 2.75) is 63.3 Å². The fourth-order valence-corrected chi connectivity index (χ4v) is 3.65. The number of hydrogen-bond acceptors (Lipinski definition) is 3. The lowest BCUT2D eigenvalue weighted by atomic mass is 10.00. The third-order valence-electron chi connectivity index (χ3n) is 4.53. The van der Waals surface area contributed by atoms with Crippen molar-refractivity contribution in [3.05, 3.63) is 0 Å². The molecule has 4 heteroatoms. The summed E-state index contributed by atoms with van der Waals surface area (Å²) in [5.41, 5.74) is 0. The molecular weight excluding hydrogens is 216 g/mol. The van der Waals surface area contributed by atoms with Crippen LogP contribution < -0.4 is 5.32 Å². The van der Waals surface area contributed by atoms with E-state index in [4.69, 9.17) is 4.74 Å². The van der Waals surface area contributed by atoms with Gasteiger partial charge in [-0.1, -0.05) is 0 Å². The average Bonchev–Trinajstić information content (AvgIpc) is 2.59. The molecule has 3 heterocycles. The molecule has 17 heavy (non-hydrogen) atoms. The molecule has 3 aliphatic rings. The minimum atomic E-state index is -0.120. The maximum absolute atomic E-state index is 12.6. The van der Waals surface area contributed by atoms with Gasteiger partial charge >= 0.3 is 0 Å². The van der Waals surface area contributed by atoms with E-state index in [9.17, 15) is 4.79 Å². The first kappa shape index (κ1) is 11.5. The summed E-state index contributed by atoms with van der Waals surface area (Å²) in [6, 6.07) is 0.902. The Morgan fingerprint density at radius 3 is 2.59 bits per heavy atom. The van der Waals surface area contributed by atoms with Crippen LogP contribution in [0.1, 0.15) is 39.0 Å². The second-order valence-corrected chi connectivity index (χ2v) is 5.57. The van der Waals surface area contributed by atoms with Gasteiger partial charge in [0, 0.05) is 18.6 Å². The van der Waals surface area contributed by atoms with Gasteiger partial charge in [-0.15, -0.1) is 0 Å². The van der Waals surface area contributed by atoms with Gasteiger partial charge < -0.3 is 15.0 Å². The molecule has 2 bridgehead atoms. The Morgan fingerprint density at radius 2 is 1.94 bits per heavy atom. The molecule has 96 valence electrons. The zero-order valence-electron chi connectivity index (χ0n) is 10.5. The van der Waals surface area contributed by atoms with Crippen LogP contribution in [0.2, 0.25) is 0 Å². The van der Waals surface area contributed by atoms with Crippen LogP contribution in [-0.2, 0) is 9.53 Å². The Hall–Kier alpha value is -0.610. The first-order valence-corrected chi connectivity index (χ1v) is 6.94. The van der Waals surface area contributed by atoms with Crippen LogP contribution in [0.3, 0.4) is 0 Å². The molecule has 0 spiro atoms. The number of nitrogens with zero attached hydrogens (tertiary/aromatic N) is 1. The molecule has 0 saturated carbocycles. The lowest BCUT2D eigenvalue weighted by molar-refractivity contribution is -0.143. The third-order valence-corrected chi connectivity index (χ3v) is 4.53. The van der Waals surface area contributed by atoms with Crippen molar-refractivity contribution in [1.29, 1.82) is 0 Å². The fourth-order valence-electron chi connectivity index (χ4n) is 3.65. The molecule has 1 amide bonds. The normalized spacial score (nSPS) is 41.6. The number of piperidine rings is 1. The summed E-state index contributed by atoms with van der Waals surface area (Å²) in [6.07, 6.45) is 6.12. The van der Waals surface area contributed by atoms with Crippen molar-refractivity contribution in [2.24, 2.45) is 0 Å². The van der Waals surface area contributed by atoms with Crippen molar-refractivity contribution in [2.75, 3.05) is 13.2 Å². The highest BCUT2D eigenvalue weighted by Crippen LogP contribution is 2.36. The van der Waals surface area contributed by atoms with Gasteiger partial charge in [0.15, 0.2) is 0 Å². The predicted octanol–water partition coefficient (Wildman–Crippen LogP) is 0.907. The highest BCUT2D eigenvalue weighted by molar-refractivity contribution is 5.83. The standard InChI is InChI=1S/C13H22N2O2/c1-9-12(14-7-8-17-9)13(16)15-10-3-2-4-11(15)6-5-10/h9-12,14H,2-8H2,1H3/t9-,10?,11?,12+/m1/s1. The van der Waals surface area contributed by atoms with Crippen LogP contribution in [0.25, 0.3) is 0 Å². The van der Waals surface area contributed by atoms with Crippen LogP contribution in [-0.4, -0.2) is 48.2 Å². The molecule has 1 N–H and O–H groups in total. The van der Waals surface area contributed by atoms with Gasteiger partial charge in [-0.25, -0.2) is 0 Å². The Bertz CT molecular complexity index is 292. The molecule has 0 aromatic carbocycles. The molecule has 0 aliphatic carbocycles. The maximum Gasteiger partial charge on any atom is 0.242 e. The number of amides is 1. The van der Waals surface area contributed by atoms with Crippen LogP contribution >= 0.6 is 0 Å². The zero-order chi connectivity index (χ0) is 11.8. The van der Waals surface area contributed by atoms with Gasteiger partial charge in [-0.3, -0.25) is 4.79 Å². The Kier molecular flexibility index (Phi) is 3.09. The molecule has 3 aliphatic heterocycles. The number of morpholine rings is 1. The SMILES string of the molecule is C[C@H]1OCCN[C@@H]1C(=O)N1C2CCCC1CC2. The second kappa shape index (κ2) is 4.58. The third kappa shape index (κ3) is 1.97. The van der Waals surface area contributed by atoms with Crippen molar-refractivity contribution >= 4 is 5.91 Å². The summed E-state index contributed by atoms with van der Waals surface area (Å²) >= 11 is 0. The maximum atomic E-state index is 12.6. The van der Waals surface area contributed by atoms with Gasteiger partial charge in [0.2, 0.25) is 5.91 Å². The molecule has 0 radical (unpaired) electrons. The van der Waals surface area contributed by atoms with E-state index in [-0.39, 0.29) is 18.1 Å². The summed E-state index contributed by atoms with van der Waals surface area (Å²) in [4.78, 5) is 14.8. The highest BCUT2D eigenvalue weighted by atomic mass is 16.5. The van der Waals surface area contributed by atoms with E-state index in [1.54, 1.807) is 0 Å². The van der Waals surface area contributed by atoms with E-state index in [0.29, 0.717) is 12.1 Å². The van der Waals surface area contributed by atoms with Crippen LogP contribution in [0, 0.1) is 0 Å². The van der Waals surface area contributed by atoms with Gasteiger partial charge in [-0.05, 0) is 39.0 Å². The van der Waals surface area contributed by atoms with Gasteiger partial charge in [0.1, 0.15) is 6.04 Å². The van der Waals surface area contributed by atoms with Gasteiger partial charge in [-0.2, -0.15) is 0 Å². The highest BCUT2D eigenvalue weighted by Gasteiger charge is 2.43. The lowest BCUT2D eigenvalue weighted by Gasteiger charge is -2.39. The minimum Gasteiger partial charge on any atom is -0.375 e. The van der Waals surface area contributed by atoms with Crippen molar-refractivity contribution < 1.29 is 9.53 Å². The second-order valence-electron chi connectivity index (χ2n) is 5.57. The molecule has 3 rings (SSSR count). The first-order valence-electron chi connectivity index (χ1n) is 6.94. The number of hydrogen-bond donors (Lipinski definition) is 1. The number of carbonyl (C=O) groups is 1. The first-order chi connectivity index (χ1) is 8.27. The lowest BCUT2D eigenvalue weighted by Crippen LogP contribution is -2.59. The molecule has 3 saturated heterocycles. The van der Waals surface area contributed by atoms with E-state index in [0.717, 1.165) is 13.2 Å². The molecular formula is C13H22N2O2. The molecule has 0 aromatic rings.